The van der Waals surface area contributed by atoms with E-state index in [2.05, 4.69) is 22.9 Å². The molecule has 0 bridgehead atoms. The molecule has 3 aromatic carbocycles. The molecule has 0 aliphatic carbocycles. The van der Waals surface area contributed by atoms with Crippen molar-refractivity contribution in [2.75, 3.05) is 30.8 Å². The zero-order valence-corrected chi connectivity index (χ0v) is 20.2. The first-order valence-corrected chi connectivity index (χ1v) is 11.8. The largest absolute Gasteiger partial charge is 0.376 e. The van der Waals surface area contributed by atoms with Crippen LogP contribution in [0.2, 0.25) is 0 Å². The predicted molar refractivity (Wildman–Crippen MR) is 139 cm³/mol. The molecule has 7 nitrogen and oxygen atoms in total. The van der Waals surface area contributed by atoms with Gasteiger partial charge in [0.05, 0.1) is 6.54 Å². The van der Waals surface area contributed by atoms with Crippen LogP contribution < -0.4 is 16.0 Å². The van der Waals surface area contributed by atoms with Crippen LogP contribution in [0.5, 0.6) is 0 Å². The second-order valence-electron chi connectivity index (χ2n) is 8.32. The number of carbonyl (C=O) groups excluding carboxylic acids is 3. The van der Waals surface area contributed by atoms with E-state index in [1.54, 1.807) is 60.5 Å². The Balaban J connectivity index is 1.50. The van der Waals surface area contributed by atoms with Crippen molar-refractivity contribution in [3.63, 3.8) is 0 Å². The van der Waals surface area contributed by atoms with Gasteiger partial charge >= 0.3 is 0 Å². The van der Waals surface area contributed by atoms with E-state index in [0.717, 1.165) is 24.1 Å². The van der Waals surface area contributed by atoms with E-state index < -0.39 is 0 Å². The number of hydrogen-bond donors (Lipinski definition) is 3. The molecule has 0 heterocycles. The van der Waals surface area contributed by atoms with Crippen molar-refractivity contribution in [1.29, 1.82) is 0 Å². The molecule has 3 N–H and O–H groups in total. The molecule has 0 aliphatic heterocycles. The van der Waals surface area contributed by atoms with Gasteiger partial charge in [-0.15, -0.1) is 0 Å². The summed E-state index contributed by atoms with van der Waals surface area (Å²) in [6.07, 6.45) is 1.97. The van der Waals surface area contributed by atoms with E-state index in [0.29, 0.717) is 29.9 Å². The van der Waals surface area contributed by atoms with E-state index >= 15 is 0 Å². The van der Waals surface area contributed by atoms with Gasteiger partial charge in [0.15, 0.2) is 0 Å². The number of carbonyl (C=O) groups is 3. The minimum atomic E-state index is -0.242. The number of unbranched alkanes of at least 4 members (excludes halogenated alkanes) is 1. The van der Waals surface area contributed by atoms with Gasteiger partial charge in [0.1, 0.15) is 0 Å². The standard InChI is InChI=1S/C28H32N4O3/c1-3-4-17-29-27(34)22-13-15-24(16-14-22)30-19-26(33)31-25-12-8-11-23(18-25)28(35)32(2)20-21-9-6-5-7-10-21/h5-16,18,30H,3-4,17,19-20H2,1-2H3,(H,29,34)(H,31,33). The molecule has 0 radical (unpaired) electrons. The van der Waals surface area contributed by atoms with Gasteiger partial charge in [-0.2, -0.15) is 0 Å². The number of benzene rings is 3. The first-order valence-electron chi connectivity index (χ1n) is 11.8. The molecule has 182 valence electrons. The van der Waals surface area contributed by atoms with Crippen LogP contribution in [0, 0.1) is 0 Å². The smallest absolute Gasteiger partial charge is 0.253 e. The average molecular weight is 473 g/mol. The summed E-state index contributed by atoms with van der Waals surface area (Å²) < 4.78 is 0. The van der Waals surface area contributed by atoms with E-state index in [1.165, 1.54) is 0 Å². The van der Waals surface area contributed by atoms with Gasteiger partial charge < -0.3 is 20.9 Å². The highest BCUT2D eigenvalue weighted by Crippen LogP contribution is 2.15. The Bertz CT molecular complexity index is 1130. The van der Waals surface area contributed by atoms with Crippen LogP contribution in [0.1, 0.15) is 46.0 Å². The molecule has 3 aromatic rings. The number of nitrogens with one attached hydrogen (secondary N) is 3. The third-order valence-corrected chi connectivity index (χ3v) is 5.42. The van der Waals surface area contributed by atoms with Gasteiger partial charge in [-0.25, -0.2) is 0 Å². The third-order valence-electron chi connectivity index (χ3n) is 5.42. The Kier molecular flexibility index (Phi) is 9.42. The first kappa shape index (κ1) is 25.5. The van der Waals surface area contributed by atoms with Crippen molar-refractivity contribution in [1.82, 2.24) is 10.2 Å². The monoisotopic (exact) mass is 472 g/mol. The lowest BCUT2D eigenvalue weighted by Gasteiger charge is -2.18. The number of anilines is 2. The van der Waals surface area contributed by atoms with Crippen LogP contribution in [-0.2, 0) is 11.3 Å². The molecule has 0 spiro atoms. The summed E-state index contributed by atoms with van der Waals surface area (Å²) in [7, 11) is 1.75. The quantitative estimate of drug-likeness (QED) is 0.358. The molecule has 35 heavy (non-hydrogen) atoms. The Hall–Kier alpha value is -4.13. The molecule has 0 saturated carbocycles. The summed E-state index contributed by atoms with van der Waals surface area (Å²) >= 11 is 0. The van der Waals surface area contributed by atoms with Crippen LogP contribution in [0.25, 0.3) is 0 Å². The van der Waals surface area contributed by atoms with E-state index in [4.69, 9.17) is 0 Å². The van der Waals surface area contributed by atoms with Gasteiger partial charge in [0.2, 0.25) is 5.91 Å². The van der Waals surface area contributed by atoms with Crippen molar-refractivity contribution in [3.8, 4) is 0 Å². The van der Waals surface area contributed by atoms with Crippen molar-refractivity contribution >= 4 is 29.1 Å². The summed E-state index contributed by atoms with van der Waals surface area (Å²) in [4.78, 5) is 39.0. The van der Waals surface area contributed by atoms with Crippen LogP contribution >= 0.6 is 0 Å². The SMILES string of the molecule is CCCCNC(=O)c1ccc(NCC(=O)Nc2cccc(C(=O)N(C)Cc3ccccc3)c2)cc1. The Morgan fingerprint density at radius 3 is 2.29 bits per heavy atom. The van der Waals surface area contributed by atoms with E-state index in [1.807, 2.05) is 30.3 Å². The van der Waals surface area contributed by atoms with Crippen molar-refractivity contribution in [3.05, 3.63) is 95.6 Å². The summed E-state index contributed by atoms with van der Waals surface area (Å²) in [5.74, 6) is -0.470. The third kappa shape index (κ3) is 7.99. The molecule has 3 rings (SSSR count). The van der Waals surface area contributed by atoms with Crippen molar-refractivity contribution in [2.24, 2.45) is 0 Å². The Morgan fingerprint density at radius 1 is 0.829 bits per heavy atom. The molecule has 0 atom stereocenters. The number of rotatable bonds is 11. The number of amides is 3. The molecular formula is C28H32N4O3. The average Bonchev–Trinajstić information content (AvgIpc) is 2.88. The summed E-state index contributed by atoms with van der Waals surface area (Å²) in [5, 5.41) is 8.74. The molecule has 0 saturated heterocycles. The summed E-state index contributed by atoms with van der Waals surface area (Å²) in [6, 6.07) is 23.7. The number of nitrogens with zero attached hydrogens (tertiary/aromatic N) is 1. The molecule has 0 fully saturated rings. The van der Waals surface area contributed by atoms with Gasteiger partial charge in [0.25, 0.3) is 11.8 Å². The normalized spacial score (nSPS) is 10.3. The highest BCUT2D eigenvalue weighted by Gasteiger charge is 2.13. The highest BCUT2D eigenvalue weighted by atomic mass is 16.2. The maximum atomic E-state index is 12.8. The van der Waals surface area contributed by atoms with Crippen LogP contribution in [0.3, 0.4) is 0 Å². The second kappa shape index (κ2) is 12.9. The maximum absolute atomic E-state index is 12.8. The molecule has 3 amide bonds. The van der Waals surface area contributed by atoms with Gasteiger partial charge in [-0.05, 0) is 54.4 Å². The van der Waals surface area contributed by atoms with Gasteiger partial charge in [-0.1, -0.05) is 49.7 Å². The predicted octanol–water partition coefficient (Wildman–Crippen LogP) is 4.54. The van der Waals surface area contributed by atoms with Crippen molar-refractivity contribution < 1.29 is 14.4 Å². The zero-order chi connectivity index (χ0) is 25.0. The fourth-order valence-corrected chi connectivity index (χ4v) is 3.49. The lowest BCUT2D eigenvalue weighted by atomic mass is 10.1. The van der Waals surface area contributed by atoms with Gasteiger partial charge in [0, 0.05) is 42.6 Å². The van der Waals surface area contributed by atoms with Crippen molar-refractivity contribution in [2.45, 2.75) is 26.3 Å². The molecule has 7 heteroatoms. The maximum Gasteiger partial charge on any atom is 0.253 e. The fraction of sp³-hybridized carbons (Fsp3) is 0.250. The van der Waals surface area contributed by atoms with Crippen LogP contribution in [-0.4, -0.2) is 42.8 Å². The molecule has 0 aromatic heterocycles. The fourth-order valence-electron chi connectivity index (χ4n) is 3.49. The van der Waals surface area contributed by atoms with Crippen LogP contribution in [0.4, 0.5) is 11.4 Å². The summed E-state index contributed by atoms with van der Waals surface area (Å²) in [5.41, 5.74) is 3.41. The minimum Gasteiger partial charge on any atom is -0.376 e. The lowest BCUT2D eigenvalue weighted by Crippen LogP contribution is -2.26. The second-order valence-corrected chi connectivity index (χ2v) is 8.32. The zero-order valence-electron chi connectivity index (χ0n) is 20.2. The minimum absolute atomic E-state index is 0.0497. The highest BCUT2D eigenvalue weighted by molar-refractivity contribution is 5.98. The Labute approximate surface area is 206 Å². The lowest BCUT2D eigenvalue weighted by molar-refractivity contribution is -0.114. The van der Waals surface area contributed by atoms with Gasteiger partial charge in [-0.3, -0.25) is 14.4 Å². The topological polar surface area (TPSA) is 90.5 Å². The Morgan fingerprint density at radius 2 is 1.57 bits per heavy atom. The van der Waals surface area contributed by atoms with Crippen LogP contribution in [0.15, 0.2) is 78.9 Å². The molecule has 0 unspecified atom stereocenters. The van der Waals surface area contributed by atoms with E-state index in [-0.39, 0.29) is 24.3 Å². The molecule has 0 aliphatic rings. The number of hydrogen-bond acceptors (Lipinski definition) is 4. The first-order chi connectivity index (χ1) is 17.0. The summed E-state index contributed by atoms with van der Waals surface area (Å²) in [6.45, 7) is 3.28. The van der Waals surface area contributed by atoms with E-state index in [9.17, 15) is 14.4 Å². The molecular weight excluding hydrogens is 440 g/mol.